The summed E-state index contributed by atoms with van der Waals surface area (Å²) in [6.45, 7) is 4.64. The number of thiophene rings is 2. The molecule has 122 valence electrons. The van der Waals surface area contributed by atoms with E-state index in [2.05, 4.69) is 40.0 Å². The molecule has 0 aliphatic carbocycles. The highest BCUT2D eigenvalue weighted by Crippen LogP contribution is 2.35. The number of fused-ring (bicyclic) bond motifs is 3. The van der Waals surface area contributed by atoms with Crippen LogP contribution < -0.4 is 5.32 Å². The second kappa shape index (κ2) is 6.59. The molecule has 3 aliphatic heterocycles. The molecule has 3 nitrogen and oxygen atoms in total. The number of hydrogen-bond acceptors (Lipinski definition) is 5. The monoisotopic (exact) mass is 364 g/mol. The van der Waals surface area contributed by atoms with Crippen molar-refractivity contribution in [2.24, 2.45) is 5.92 Å². The highest BCUT2D eigenvalue weighted by molar-refractivity contribution is 8.01. The summed E-state index contributed by atoms with van der Waals surface area (Å²) in [6, 6.07) is 6.90. The Balaban J connectivity index is 1.42. The third kappa shape index (κ3) is 3.22. The molecule has 0 radical (unpaired) electrons. The van der Waals surface area contributed by atoms with Crippen molar-refractivity contribution in [1.29, 1.82) is 0 Å². The molecule has 3 aliphatic rings. The Labute approximate surface area is 149 Å². The predicted octanol–water partition coefficient (Wildman–Crippen LogP) is 4.17. The van der Waals surface area contributed by atoms with Gasteiger partial charge in [-0.05, 0) is 62.4 Å². The van der Waals surface area contributed by atoms with Crippen LogP contribution in [0.5, 0.6) is 0 Å². The van der Waals surface area contributed by atoms with Crippen LogP contribution in [0.1, 0.15) is 29.4 Å². The molecule has 0 saturated carbocycles. The van der Waals surface area contributed by atoms with Gasteiger partial charge < -0.3 is 5.32 Å². The Morgan fingerprint density at radius 1 is 1.30 bits per heavy atom. The Bertz CT molecular complexity index is 672. The number of carbonyl (C=O) groups is 1. The van der Waals surface area contributed by atoms with E-state index in [1.165, 1.54) is 35.0 Å². The van der Waals surface area contributed by atoms with Crippen LogP contribution in [0.4, 0.5) is 0 Å². The molecule has 0 unspecified atom stereocenters. The zero-order valence-corrected chi connectivity index (χ0v) is 15.5. The van der Waals surface area contributed by atoms with Gasteiger partial charge in [-0.2, -0.15) is 11.3 Å². The molecule has 3 saturated heterocycles. The third-order valence-electron chi connectivity index (χ3n) is 4.99. The average molecular weight is 365 g/mol. The van der Waals surface area contributed by atoms with E-state index >= 15 is 0 Å². The van der Waals surface area contributed by atoms with E-state index in [4.69, 9.17) is 0 Å². The van der Waals surface area contributed by atoms with E-state index in [0.29, 0.717) is 18.0 Å². The summed E-state index contributed by atoms with van der Waals surface area (Å²) < 4.78 is 1.18. The number of nitrogens with one attached hydrogen (secondary N) is 1. The fourth-order valence-corrected chi connectivity index (χ4v) is 6.52. The van der Waals surface area contributed by atoms with Crippen molar-refractivity contribution in [3.8, 4) is 0 Å². The fourth-order valence-electron chi connectivity index (χ4n) is 3.69. The molecule has 3 fully saturated rings. The molecule has 0 spiro atoms. The maximum Gasteiger partial charge on any atom is 0.261 e. The Hall–Kier alpha value is -0.820. The van der Waals surface area contributed by atoms with Gasteiger partial charge in [0.25, 0.3) is 5.91 Å². The molecule has 1 amide bonds. The number of rotatable bonds is 4. The van der Waals surface area contributed by atoms with E-state index in [1.54, 1.807) is 34.4 Å². The van der Waals surface area contributed by atoms with Crippen LogP contribution in [0.3, 0.4) is 0 Å². The van der Waals surface area contributed by atoms with Gasteiger partial charge in [-0.3, -0.25) is 9.69 Å². The van der Waals surface area contributed by atoms with Gasteiger partial charge in [0, 0.05) is 22.4 Å². The second-order valence-corrected chi connectivity index (χ2v) is 9.53. The van der Waals surface area contributed by atoms with Crippen LogP contribution in [-0.4, -0.2) is 36.0 Å². The van der Waals surface area contributed by atoms with Crippen LogP contribution >= 0.6 is 34.4 Å². The number of nitrogens with zero attached hydrogens (tertiary/aromatic N) is 1. The number of hydrogen-bond donors (Lipinski definition) is 1. The Kier molecular flexibility index (Phi) is 4.50. The highest BCUT2D eigenvalue weighted by Gasteiger charge is 2.40. The number of piperidine rings is 3. The van der Waals surface area contributed by atoms with E-state index < -0.39 is 0 Å². The normalized spacial score (nSPS) is 29.6. The molecule has 2 aromatic heterocycles. The van der Waals surface area contributed by atoms with Crippen molar-refractivity contribution < 1.29 is 4.79 Å². The molecule has 23 heavy (non-hydrogen) atoms. The quantitative estimate of drug-likeness (QED) is 0.883. The van der Waals surface area contributed by atoms with Gasteiger partial charge in [-0.25, -0.2) is 0 Å². The van der Waals surface area contributed by atoms with Crippen LogP contribution in [0, 0.1) is 5.92 Å². The first-order valence-electron chi connectivity index (χ1n) is 8.05. The lowest BCUT2D eigenvalue weighted by molar-refractivity contribution is 0.0218. The van der Waals surface area contributed by atoms with Crippen molar-refractivity contribution in [2.75, 3.05) is 13.1 Å². The van der Waals surface area contributed by atoms with Gasteiger partial charge in [-0.1, -0.05) is 11.8 Å². The lowest BCUT2D eigenvalue weighted by Gasteiger charge is -2.49. The summed E-state index contributed by atoms with van der Waals surface area (Å²) in [5.41, 5.74) is 0. The topological polar surface area (TPSA) is 32.3 Å². The SMILES string of the molecule is C[C@H]1[C@H](NC(=O)c2ccc(Sc3ccsc3)s2)C2CCN1CC2. The highest BCUT2D eigenvalue weighted by atomic mass is 32.2. The van der Waals surface area contributed by atoms with Gasteiger partial charge in [0.2, 0.25) is 0 Å². The molecule has 6 heteroatoms. The maximum absolute atomic E-state index is 12.6. The number of amides is 1. The van der Waals surface area contributed by atoms with Crippen molar-refractivity contribution in [3.05, 3.63) is 33.8 Å². The molecule has 5 rings (SSSR count). The van der Waals surface area contributed by atoms with Crippen LogP contribution in [-0.2, 0) is 0 Å². The van der Waals surface area contributed by atoms with Gasteiger partial charge >= 0.3 is 0 Å². The largest absolute Gasteiger partial charge is 0.347 e. The molecule has 2 atom stereocenters. The van der Waals surface area contributed by atoms with Crippen LogP contribution in [0.2, 0.25) is 0 Å². The summed E-state index contributed by atoms with van der Waals surface area (Å²) in [7, 11) is 0. The standard InChI is InChI=1S/C17H20N2OS3/c1-11-16(12-4-7-19(11)8-5-12)18-17(20)14-2-3-15(23-14)22-13-6-9-21-10-13/h2-3,6,9-12,16H,4-5,7-8H2,1H3,(H,18,20)/t11-,16-/m0/s1. The smallest absolute Gasteiger partial charge is 0.261 e. The van der Waals surface area contributed by atoms with Crippen molar-refractivity contribution in [2.45, 2.75) is 41.0 Å². The fraction of sp³-hybridized carbons (Fsp3) is 0.471. The molecule has 2 bridgehead atoms. The minimum atomic E-state index is 0.0952. The first kappa shape index (κ1) is 15.7. The van der Waals surface area contributed by atoms with Crippen molar-refractivity contribution >= 4 is 40.3 Å². The lowest BCUT2D eigenvalue weighted by atomic mass is 9.79. The van der Waals surface area contributed by atoms with Crippen LogP contribution in [0.15, 0.2) is 38.1 Å². The molecule has 1 N–H and O–H groups in total. The average Bonchev–Trinajstić information content (AvgIpc) is 3.23. The summed E-state index contributed by atoms with van der Waals surface area (Å²) in [5, 5.41) is 7.53. The molecule has 0 aromatic carbocycles. The Morgan fingerprint density at radius 2 is 2.13 bits per heavy atom. The number of carbonyl (C=O) groups excluding carboxylic acids is 1. The summed E-state index contributed by atoms with van der Waals surface area (Å²) in [5.74, 6) is 0.747. The van der Waals surface area contributed by atoms with E-state index in [0.717, 1.165) is 4.88 Å². The molecule has 2 aromatic rings. The third-order valence-corrected chi connectivity index (χ3v) is 8.03. The van der Waals surface area contributed by atoms with Crippen molar-refractivity contribution in [3.63, 3.8) is 0 Å². The van der Waals surface area contributed by atoms with E-state index in [9.17, 15) is 4.79 Å². The summed E-state index contributed by atoms with van der Waals surface area (Å²) >= 11 is 5.03. The van der Waals surface area contributed by atoms with Crippen LogP contribution in [0.25, 0.3) is 0 Å². The molecule has 5 heterocycles. The first-order valence-corrected chi connectivity index (χ1v) is 10.6. The maximum atomic E-state index is 12.6. The minimum Gasteiger partial charge on any atom is -0.347 e. The predicted molar refractivity (Wildman–Crippen MR) is 97.8 cm³/mol. The summed E-state index contributed by atoms with van der Waals surface area (Å²) in [4.78, 5) is 17.2. The van der Waals surface area contributed by atoms with Gasteiger partial charge in [0.15, 0.2) is 0 Å². The van der Waals surface area contributed by atoms with Gasteiger partial charge in [0.1, 0.15) is 0 Å². The molecular formula is C17H20N2OS3. The Morgan fingerprint density at radius 3 is 2.83 bits per heavy atom. The first-order chi connectivity index (χ1) is 11.2. The summed E-state index contributed by atoms with van der Waals surface area (Å²) in [6.07, 6.45) is 2.44. The zero-order valence-electron chi connectivity index (χ0n) is 13.0. The zero-order chi connectivity index (χ0) is 15.8. The molecular weight excluding hydrogens is 344 g/mol. The minimum absolute atomic E-state index is 0.0952. The van der Waals surface area contributed by atoms with Gasteiger partial charge in [-0.15, -0.1) is 11.3 Å². The second-order valence-electron chi connectivity index (χ2n) is 6.29. The van der Waals surface area contributed by atoms with Crippen molar-refractivity contribution in [1.82, 2.24) is 10.2 Å². The lowest BCUT2D eigenvalue weighted by Crippen LogP contribution is -2.62. The van der Waals surface area contributed by atoms with E-state index in [-0.39, 0.29) is 5.91 Å². The van der Waals surface area contributed by atoms with Gasteiger partial charge in [0.05, 0.1) is 9.09 Å². The van der Waals surface area contributed by atoms with E-state index in [1.807, 2.05) is 6.07 Å².